The maximum absolute atomic E-state index is 13.9. The fourth-order valence-electron chi connectivity index (χ4n) is 5.12. The monoisotopic (exact) mass is 565 g/mol. The van der Waals surface area contributed by atoms with E-state index in [9.17, 15) is 22.8 Å². The van der Waals surface area contributed by atoms with Crippen molar-refractivity contribution in [2.45, 2.75) is 43.2 Å². The van der Waals surface area contributed by atoms with Crippen LogP contribution in [0, 0.1) is 6.92 Å². The predicted molar refractivity (Wildman–Crippen MR) is 145 cm³/mol. The van der Waals surface area contributed by atoms with Crippen molar-refractivity contribution in [3.8, 4) is 0 Å². The van der Waals surface area contributed by atoms with E-state index in [1.54, 1.807) is 18.2 Å². The first-order valence-corrected chi connectivity index (χ1v) is 14.6. The van der Waals surface area contributed by atoms with Gasteiger partial charge in [-0.1, -0.05) is 36.4 Å². The number of aryl methyl sites for hydroxylation is 1. The second-order valence-electron chi connectivity index (χ2n) is 9.87. The molecular formula is C29H31N3O7S. The zero-order valence-corrected chi connectivity index (χ0v) is 22.9. The number of fused-ring (bicyclic) bond motifs is 1. The van der Waals surface area contributed by atoms with Crippen LogP contribution in [0.4, 0.5) is 0 Å². The molecular weight excluding hydrogens is 534 g/mol. The van der Waals surface area contributed by atoms with Crippen LogP contribution in [0.5, 0.6) is 0 Å². The maximum atomic E-state index is 13.9. The highest BCUT2D eigenvalue weighted by molar-refractivity contribution is 7.90. The highest BCUT2D eigenvalue weighted by atomic mass is 32.2. The van der Waals surface area contributed by atoms with E-state index in [2.05, 4.69) is 5.32 Å². The van der Waals surface area contributed by atoms with Gasteiger partial charge in [0.05, 0.1) is 17.9 Å². The summed E-state index contributed by atoms with van der Waals surface area (Å²) in [5.41, 5.74) is 1.99. The Hall–Kier alpha value is -3.96. The highest BCUT2D eigenvalue weighted by Crippen LogP contribution is 2.31. The number of benzene rings is 2. The quantitative estimate of drug-likeness (QED) is 0.401. The lowest BCUT2D eigenvalue weighted by Gasteiger charge is -2.31. The third-order valence-electron chi connectivity index (χ3n) is 7.30. The lowest BCUT2D eigenvalue weighted by molar-refractivity contribution is -0.141. The number of sulfonamides is 1. The molecule has 2 atom stereocenters. The van der Waals surface area contributed by atoms with E-state index < -0.39 is 40.3 Å². The Morgan fingerprint density at radius 1 is 1.10 bits per heavy atom. The summed E-state index contributed by atoms with van der Waals surface area (Å²) in [5.74, 6) is -1.74. The Kier molecular flexibility index (Phi) is 8.04. The molecule has 3 heterocycles. The molecule has 0 unspecified atom stereocenters. The average Bonchev–Trinajstić information content (AvgIpc) is 3.70. The second kappa shape index (κ2) is 11.6. The van der Waals surface area contributed by atoms with Crippen LogP contribution in [0.3, 0.4) is 0 Å². The van der Waals surface area contributed by atoms with Gasteiger partial charge >= 0.3 is 0 Å². The molecule has 0 bridgehead atoms. The molecule has 5 rings (SSSR count). The van der Waals surface area contributed by atoms with E-state index in [0.29, 0.717) is 17.3 Å². The molecule has 10 nitrogen and oxygen atoms in total. The van der Waals surface area contributed by atoms with Crippen molar-refractivity contribution in [2.75, 3.05) is 26.2 Å². The molecule has 1 N–H and O–H groups in total. The molecule has 3 amide bonds. The van der Waals surface area contributed by atoms with E-state index in [1.165, 1.54) is 29.4 Å². The molecule has 1 fully saturated rings. The minimum Gasteiger partial charge on any atom is -0.467 e. The van der Waals surface area contributed by atoms with Crippen molar-refractivity contribution in [3.05, 3.63) is 89.4 Å². The first-order chi connectivity index (χ1) is 19.3. The SMILES string of the molecule is Cc1ccccc1CCN(C(=O)CN1C(=O)c2ccccc2S1(=O)=O)[C@@H](C(=O)NC[C@@H]1CCCO1)c1ccco1. The Balaban J connectivity index is 1.45. The normalized spacial score (nSPS) is 18.4. The minimum absolute atomic E-state index is 0.0126. The van der Waals surface area contributed by atoms with Gasteiger partial charge in [-0.2, -0.15) is 0 Å². The fourth-order valence-corrected chi connectivity index (χ4v) is 6.64. The van der Waals surface area contributed by atoms with Gasteiger partial charge in [0.15, 0.2) is 6.04 Å². The number of hydrogen-bond acceptors (Lipinski definition) is 7. The number of nitrogens with one attached hydrogen (secondary N) is 1. The van der Waals surface area contributed by atoms with E-state index in [1.807, 2.05) is 31.2 Å². The van der Waals surface area contributed by atoms with Gasteiger partial charge in [-0.05, 0) is 61.6 Å². The summed E-state index contributed by atoms with van der Waals surface area (Å²) in [6.45, 7) is 2.18. The summed E-state index contributed by atoms with van der Waals surface area (Å²) in [7, 11) is -4.22. The van der Waals surface area contributed by atoms with Crippen LogP contribution in [0.1, 0.15) is 46.1 Å². The number of hydrogen-bond donors (Lipinski definition) is 1. The van der Waals surface area contributed by atoms with Crippen molar-refractivity contribution in [1.82, 2.24) is 14.5 Å². The van der Waals surface area contributed by atoms with E-state index in [0.717, 1.165) is 24.0 Å². The van der Waals surface area contributed by atoms with E-state index in [-0.39, 0.29) is 35.4 Å². The summed E-state index contributed by atoms with van der Waals surface area (Å²) >= 11 is 0. The van der Waals surface area contributed by atoms with Crippen LogP contribution in [-0.4, -0.2) is 67.7 Å². The number of nitrogens with zero attached hydrogens (tertiary/aromatic N) is 2. The first-order valence-electron chi connectivity index (χ1n) is 13.2. The Bertz CT molecular complexity index is 1500. The third kappa shape index (κ3) is 5.52. The number of rotatable bonds is 10. The average molecular weight is 566 g/mol. The van der Waals surface area contributed by atoms with Gasteiger partial charge in [0, 0.05) is 19.7 Å². The lowest BCUT2D eigenvalue weighted by atomic mass is 10.0. The standard InChI is InChI=1S/C29H31N3O7S/c1-20-8-2-3-9-21(20)14-15-31(26(33)19-32-29(35)23-11-4-5-13-25(23)40(32,36)37)27(24-12-7-17-39-24)28(34)30-18-22-10-6-16-38-22/h2-5,7-9,11-13,17,22,27H,6,10,14-16,18-19H2,1H3,(H,30,34)/t22-,27+/m0/s1. The molecule has 0 saturated carbocycles. The Morgan fingerprint density at radius 2 is 1.88 bits per heavy atom. The Morgan fingerprint density at radius 3 is 2.58 bits per heavy atom. The van der Waals surface area contributed by atoms with Crippen LogP contribution in [-0.2, 0) is 30.8 Å². The molecule has 210 valence electrons. The van der Waals surface area contributed by atoms with Crippen molar-refractivity contribution in [1.29, 1.82) is 0 Å². The van der Waals surface area contributed by atoms with Crippen LogP contribution in [0.15, 0.2) is 76.2 Å². The largest absolute Gasteiger partial charge is 0.467 e. The molecule has 2 aliphatic heterocycles. The highest BCUT2D eigenvalue weighted by Gasteiger charge is 2.44. The third-order valence-corrected chi connectivity index (χ3v) is 9.08. The molecule has 11 heteroatoms. The van der Waals surface area contributed by atoms with Gasteiger partial charge < -0.3 is 19.4 Å². The fraction of sp³-hybridized carbons (Fsp3) is 0.345. The first kappa shape index (κ1) is 27.6. The number of ether oxygens (including phenoxy) is 1. The minimum atomic E-state index is -4.22. The summed E-state index contributed by atoms with van der Waals surface area (Å²) < 4.78 is 38.2. The van der Waals surface area contributed by atoms with Crippen molar-refractivity contribution in [2.24, 2.45) is 0 Å². The van der Waals surface area contributed by atoms with Gasteiger partial charge in [-0.15, -0.1) is 0 Å². The molecule has 1 aromatic heterocycles. The molecule has 1 saturated heterocycles. The lowest BCUT2D eigenvalue weighted by Crippen LogP contribution is -2.49. The molecule has 0 aliphatic carbocycles. The second-order valence-corrected chi connectivity index (χ2v) is 11.7. The van der Waals surface area contributed by atoms with Gasteiger partial charge in [0.25, 0.3) is 21.8 Å². The van der Waals surface area contributed by atoms with Crippen molar-refractivity contribution in [3.63, 3.8) is 0 Å². The van der Waals surface area contributed by atoms with Crippen molar-refractivity contribution < 1.29 is 32.0 Å². The molecule has 3 aromatic rings. The zero-order chi connectivity index (χ0) is 28.3. The smallest absolute Gasteiger partial charge is 0.269 e. The molecule has 2 aromatic carbocycles. The van der Waals surface area contributed by atoms with Crippen LogP contribution in [0.25, 0.3) is 0 Å². The Labute approximate surface area is 233 Å². The number of furan rings is 1. The molecule has 0 spiro atoms. The van der Waals surface area contributed by atoms with Crippen LogP contribution < -0.4 is 5.32 Å². The van der Waals surface area contributed by atoms with Crippen LogP contribution >= 0.6 is 0 Å². The summed E-state index contributed by atoms with van der Waals surface area (Å²) in [6.07, 6.45) is 3.41. The van der Waals surface area contributed by atoms with Gasteiger partial charge in [-0.25, -0.2) is 12.7 Å². The predicted octanol–water partition coefficient (Wildman–Crippen LogP) is 2.84. The summed E-state index contributed by atoms with van der Waals surface area (Å²) in [5, 5.41) is 2.87. The van der Waals surface area contributed by atoms with E-state index >= 15 is 0 Å². The molecule has 2 aliphatic rings. The summed E-state index contributed by atoms with van der Waals surface area (Å²) in [6, 6.07) is 15.6. The van der Waals surface area contributed by atoms with Gasteiger partial charge in [-0.3, -0.25) is 14.4 Å². The molecule has 0 radical (unpaired) electrons. The van der Waals surface area contributed by atoms with E-state index in [4.69, 9.17) is 9.15 Å². The maximum Gasteiger partial charge on any atom is 0.269 e. The van der Waals surface area contributed by atoms with Gasteiger partial charge in [0.1, 0.15) is 17.2 Å². The van der Waals surface area contributed by atoms with Crippen molar-refractivity contribution >= 4 is 27.7 Å². The van der Waals surface area contributed by atoms with Crippen LogP contribution in [0.2, 0.25) is 0 Å². The summed E-state index contributed by atoms with van der Waals surface area (Å²) in [4.78, 5) is 41.7. The van der Waals surface area contributed by atoms with Gasteiger partial charge in [0.2, 0.25) is 5.91 Å². The number of carbonyl (C=O) groups is 3. The topological polar surface area (TPSA) is 126 Å². The number of amides is 3. The number of carbonyl (C=O) groups excluding carboxylic acids is 3. The molecule has 40 heavy (non-hydrogen) atoms. The zero-order valence-electron chi connectivity index (χ0n) is 22.1.